The summed E-state index contributed by atoms with van der Waals surface area (Å²) in [5.74, 6) is 0.0340. The molecule has 0 radical (unpaired) electrons. The summed E-state index contributed by atoms with van der Waals surface area (Å²) in [6, 6.07) is 13.3. The number of halogens is 1. The largest absolute Gasteiger partial charge is 0.462 e. The number of hydrogen-bond donors (Lipinski definition) is 1. The predicted molar refractivity (Wildman–Crippen MR) is 123 cm³/mol. The molecule has 0 aromatic heterocycles. The third-order valence-electron chi connectivity index (χ3n) is 6.27. The summed E-state index contributed by atoms with van der Waals surface area (Å²) in [4.78, 5) is 26.4. The van der Waals surface area contributed by atoms with E-state index >= 15 is 0 Å². The molecule has 5 rings (SSSR count). The number of Topliss-reactive ketones (excluding diaryl/α,β-unsaturated/α-hetero) is 1. The Morgan fingerprint density at radius 3 is 2.70 bits per heavy atom. The minimum atomic E-state index is -0.625. The lowest BCUT2D eigenvalue weighted by atomic mass is 9.75. The highest BCUT2D eigenvalue weighted by molar-refractivity contribution is 6.32. The molecule has 6 nitrogen and oxygen atoms in total. The van der Waals surface area contributed by atoms with Gasteiger partial charge in [-0.05, 0) is 37.0 Å². The van der Waals surface area contributed by atoms with Crippen LogP contribution in [0.15, 0.2) is 65.0 Å². The summed E-state index contributed by atoms with van der Waals surface area (Å²) >= 11 is 6.66. The van der Waals surface area contributed by atoms with Crippen molar-refractivity contribution in [1.29, 1.82) is 0 Å². The molecule has 2 aromatic rings. The van der Waals surface area contributed by atoms with Crippen LogP contribution in [-0.4, -0.2) is 25.2 Å². The molecule has 33 heavy (non-hydrogen) atoms. The number of ether oxygens (including phenoxy) is 3. The van der Waals surface area contributed by atoms with Gasteiger partial charge in [0.2, 0.25) is 6.79 Å². The molecular formula is C26H24ClNO5. The number of carbonyl (C=O) groups excluding carboxylic acids is 2. The van der Waals surface area contributed by atoms with E-state index in [-0.39, 0.29) is 19.2 Å². The second-order valence-electron chi connectivity index (χ2n) is 8.36. The molecule has 1 unspecified atom stereocenters. The van der Waals surface area contributed by atoms with Crippen molar-refractivity contribution in [3.05, 3.63) is 81.2 Å². The van der Waals surface area contributed by atoms with Gasteiger partial charge >= 0.3 is 5.97 Å². The Balaban J connectivity index is 1.50. The number of hydrogen-bond acceptors (Lipinski definition) is 6. The Morgan fingerprint density at radius 2 is 1.91 bits per heavy atom. The molecule has 170 valence electrons. The first-order chi connectivity index (χ1) is 16.0. The summed E-state index contributed by atoms with van der Waals surface area (Å²) in [5.41, 5.74) is 4.23. The molecule has 1 N–H and O–H groups in total. The fourth-order valence-corrected chi connectivity index (χ4v) is 4.97. The quantitative estimate of drug-likeness (QED) is 0.638. The second kappa shape index (κ2) is 8.94. The number of fused-ring (bicyclic) bond motifs is 1. The van der Waals surface area contributed by atoms with Gasteiger partial charge in [0.05, 0.1) is 12.2 Å². The lowest BCUT2D eigenvalue weighted by molar-refractivity contribution is -0.139. The van der Waals surface area contributed by atoms with Gasteiger partial charge in [0.1, 0.15) is 0 Å². The van der Waals surface area contributed by atoms with E-state index in [2.05, 4.69) is 5.32 Å². The van der Waals surface area contributed by atoms with E-state index in [9.17, 15) is 9.59 Å². The predicted octanol–water partition coefficient (Wildman–Crippen LogP) is 4.82. The van der Waals surface area contributed by atoms with Crippen LogP contribution in [0.3, 0.4) is 0 Å². The lowest BCUT2D eigenvalue weighted by Gasteiger charge is -2.34. The van der Waals surface area contributed by atoms with Gasteiger partial charge in [-0.15, -0.1) is 0 Å². The van der Waals surface area contributed by atoms with Crippen molar-refractivity contribution in [2.45, 2.75) is 38.5 Å². The van der Waals surface area contributed by atoms with E-state index in [1.165, 1.54) is 0 Å². The van der Waals surface area contributed by atoms with Crippen LogP contribution in [0, 0.1) is 0 Å². The lowest BCUT2D eigenvalue weighted by Crippen LogP contribution is -2.34. The van der Waals surface area contributed by atoms with Crippen molar-refractivity contribution in [3.8, 4) is 11.5 Å². The zero-order valence-corrected chi connectivity index (χ0v) is 19.0. The summed E-state index contributed by atoms with van der Waals surface area (Å²) in [6.45, 7) is 2.18. The highest BCUT2D eigenvalue weighted by Crippen LogP contribution is 2.48. The number of carbonyl (C=O) groups is 2. The Morgan fingerprint density at radius 1 is 1.15 bits per heavy atom. The molecule has 2 aliphatic heterocycles. The summed E-state index contributed by atoms with van der Waals surface area (Å²) in [6.07, 6.45) is 2.56. The Labute approximate surface area is 197 Å². The minimum absolute atomic E-state index is 0.0181. The van der Waals surface area contributed by atoms with Crippen LogP contribution in [0.5, 0.6) is 11.5 Å². The van der Waals surface area contributed by atoms with Crippen molar-refractivity contribution in [2.24, 2.45) is 0 Å². The molecule has 2 heterocycles. The highest BCUT2D eigenvalue weighted by atomic mass is 35.5. The van der Waals surface area contributed by atoms with E-state index in [0.717, 1.165) is 24.1 Å². The molecule has 0 fully saturated rings. The van der Waals surface area contributed by atoms with E-state index in [0.29, 0.717) is 51.8 Å². The summed E-state index contributed by atoms with van der Waals surface area (Å²) < 4.78 is 16.7. The minimum Gasteiger partial charge on any atom is -0.462 e. The molecule has 0 saturated carbocycles. The maximum absolute atomic E-state index is 13.4. The summed E-state index contributed by atoms with van der Waals surface area (Å²) in [7, 11) is 0. The SMILES string of the molecule is CC1=C(C(=O)OCCc2ccccc2)C(c2cc3c(cc2Cl)OCO3)C2=C(CCCC2=O)N1. The Kier molecular flexibility index (Phi) is 5.85. The summed E-state index contributed by atoms with van der Waals surface area (Å²) in [5, 5.41) is 3.71. The monoisotopic (exact) mass is 465 g/mol. The molecule has 0 bridgehead atoms. The first-order valence-corrected chi connectivity index (χ1v) is 11.4. The first kappa shape index (κ1) is 21.6. The van der Waals surface area contributed by atoms with Crippen molar-refractivity contribution in [3.63, 3.8) is 0 Å². The fraction of sp³-hybridized carbons (Fsp3) is 0.308. The number of nitrogens with one attached hydrogen (secondary N) is 1. The number of esters is 1. The molecule has 2 aromatic carbocycles. The first-order valence-electron chi connectivity index (χ1n) is 11.1. The van der Waals surface area contributed by atoms with Gasteiger partial charge in [-0.1, -0.05) is 41.9 Å². The van der Waals surface area contributed by atoms with Gasteiger partial charge in [0.25, 0.3) is 0 Å². The smallest absolute Gasteiger partial charge is 0.336 e. The molecule has 0 spiro atoms. The molecule has 0 saturated heterocycles. The Bertz CT molecular complexity index is 1180. The van der Waals surface area contributed by atoms with Gasteiger partial charge in [-0.25, -0.2) is 4.79 Å². The van der Waals surface area contributed by atoms with Crippen LogP contribution < -0.4 is 14.8 Å². The molecule has 7 heteroatoms. The molecule has 1 atom stereocenters. The van der Waals surface area contributed by atoms with Gasteiger partial charge in [-0.3, -0.25) is 4.79 Å². The maximum atomic E-state index is 13.4. The number of ketones is 1. The van der Waals surface area contributed by atoms with E-state index < -0.39 is 11.9 Å². The van der Waals surface area contributed by atoms with E-state index in [1.807, 2.05) is 37.3 Å². The fourth-order valence-electron chi connectivity index (χ4n) is 4.70. The van der Waals surface area contributed by atoms with Crippen LogP contribution in [0.2, 0.25) is 5.02 Å². The van der Waals surface area contributed by atoms with Crippen LogP contribution in [0.25, 0.3) is 0 Å². The van der Waals surface area contributed by atoms with Gasteiger partial charge in [-0.2, -0.15) is 0 Å². The van der Waals surface area contributed by atoms with Crippen molar-refractivity contribution in [2.75, 3.05) is 13.4 Å². The standard InChI is InChI=1S/C26H24ClNO5/c1-15-23(26(30)31-11-10-16-6-3-2-4-7-16)24(25-19(28-15)8-5-9-20(25)29)17-12-21-22(13-18(17)27)33-14-32-21/h2-4,6-7,12-13,24,28H,5,8-11,14H2,1H3. The number of benzene rings is 2. The van der Waals surface area contributed by atoms with Crippen molar-refractivity contribution in [1.82, 2.24) is 5.32 Å². The molecule has 3 aliphatic rings. The number of dihydropyridines is 1. The third kappa shape index (κ3) is 4.11. The highest BCUT2D eigenvalue weighted by Gasteiger charge is 2.40. The Hall–Kier alpha value is -3.25. The average molecular weight is 466 g/mol. The van der Waals surface area contributed by atoms with Crippen molar-refractivity contribution >= 4 is 23.4 Å². The number of rotatable bonds is 5. The molecule has 1 aliphatic carbocycles. The van der Waals surface area contributed by atoms with Crippen LogP contribution in [0.1, 0.15) is 43.2 Å². The van der Waals surface area contributed by atoms with E-state index in [4.69, 9.17) is 25.8 Å². The maximum Gasteiger partial charge on any atom is 0.336 e. The van der Waals surface area contributed by atoms with Gasteiger partial charge in [0, 0.05) is 46.8 Å². The van der Waals surface area contributed by atoms with Gasteiger partial charge in [0.15, 0.2) is 17.3 Å². The third-order valence-corrected chi connectivity index (χ3v) is 6.59. The van der Waals surface area contributed by atoms with E-state index in [1.54, 1.807) is 12.1 Å². The van der Waals surface area contributed by atoms with Gasteiger partial charge < -0.3 is 19.5 Å². The normalized spacial score (nSPS) is 19.3. The average Bonchev–Trinajstić information content (AvgIpc) is 3.25. The zero-order chi connectivity index (χ0) is 22.9. The van der Waals surface area contributed by atoms with Crippen molar-refractivity contribution < 1.29 is 23.8 Å². The van der Waals surface area contributed by atoms with Crippen LogP contribution >= 0.6 is 11.6 Å². The molecule has 0 amide bonds. The van der Waals surface area contributed by atoms with Crippen LogP contribution in [0.4, 0.5) is 0 Å². The zero-order valence-electron chi connectivity index (χ0n) is 18.3. The second-order valence-corrected chi connectivity index (χ2v) is 8.77. The van der Waals surface area contributed by atoms with Crippen LogP contribution in [-0.2, 0) is 20.7 Å². The molecular weight excluding hydrogens is 442 g/mol. The number of allylic oxidation sites excluding steroid dienone is 3. The topological polar surface area (TPSA) is 73.9 Å².